The monoisotopic (exact) mass is 330 g/mol. The number of hydrogen-bond acceptors (Lipinski definition) is 3. The van der Waals surface area contributed by atoms with Gasteiger partial charge in [-0.25, -0.2) is 8.42 Å². The van der Waals surface area contributed by atoms with E-state index in [0.29, 0.717) is 6.54 Å². The SMILES string of the molecule is CCN([C@@H](c1cccnc1)c1ccc2c(c1)CCC2)S(C)(=O)=O. The normalized spacial score (nSPS) is 15.6. The zero-order chi connectivity index (χ0) is 16.4. The molecule has 0 unspecified atom stereocenters. The van der Waals surface area contributed by atoms with Crippen molar-refractivity contribution in [3.63, 3.8) is 0 Å². The lowest BCUT2D eigenvalue weighted by atomic mass is 9.96. The summed E-state index contributed by atoms with van der Waals surface area (Å²) in [7, 11) is -3.32. The van der Waals surface area contributed by atoms with Crippen LogP contribution in [0.25, 0.3) is 0 Å². The molecule has 1 aromatic heterocycles. The Kier molecular flexibility index (Phi) is 4.50. The van der Waals surface area contributed by atoms with Crippen molar-refractivity contribution in [2.75, 3.05) is 12.8 Å². The Bertz CT molecular complexity index is 788. The standard InChI is InChI=1S/C18H22N2O2S/c1-3-20(23(2,21)22)18(17-8-5-11-19-13-17)16-10-9-14-6-4-7-15(14)12-16/h5,8-13,18H,3-4,6-7H2,1-2H3/t18-/m1/s1. The average molecular weight is 330 g/mol. The highest BCUT2D eigenvalue weighted by Gasteiger charge is 2.29. The zero-order valence-corrected chi connectivity index (χ0v) is 14.4. The van der Waals surface area contributed by atoms with E-state index in [1.165, 1.54) is 23.8 Å². The smallest absolute Gasteiger partial charge is 0.212 e. The Morgan fingerprint density at radius 2 is 1.96 bits per heavy atom. The quantitative estimate of drug-likeness (QED) is 0.847. The number of aryl methyl sites for hydroxylation is 2. The lowest BCUT2D eigenvalue weighted by Crippen LogP contribution is -2.34. The minimum Gasteiger partial charge on any atom is -0.264 e. The molecule has 1 atom stereocenters. The minimum absolute atomic E-state index is 0.324. The van der Waals surface area contributed by atoms with Crippen LogP contribution in [0.2, 0.25) is 0 Å². The van der Waals surface area contributed by atoms with E-state index >= 15 is 0 Å². The summed E-state index contributed by atoms with van der Waals surface area (Å²) in [6.45, 7) is 2.30. The van der Waals surface area contributed by atoms with Crippen LogP contribution >= 0.6 is 0 Å². The van der Waals surface area contributed by atoms with Crippen LogP contribution in [0.3, 0.4) is 0 Å². The van der Waals surface area contributed by atoms with Crippen LogP contribution in [-0.4, -0.2) is 30.5 Å². The lowest BCUT2D eigenvalue weighted by Gasteiger charge is -2.29. The third-order valence-electron chi connectivity index (χ3n) is 4.46. The number of hydrogen-bond donors (Lipinski definition) is 0. The van der Waals surface area contributed by atoms with Gasteiger partial charge in [0, 0.05) is 18.9 Å². The Morgan fingerprint density at radius 3 is 2.61 bits per heavy atom. The van der Waals surface area contributed by atoms with Gasteiger partial charge in [0.1, 0.15) is 0 Å². The first-order chi connectivity index (χ1) is 11.0. The molecule has 0 bridgehead atoms. The summed E-state index contributed by atoms with van der Waals surface area (Å²) < 4.78 is 26.1. The highest BCUT2D eigenvalue weighted by atomic mass is 32.2. The van der Waals surface area contributed by atoms with Gasteiger partial charge in [-0.1, -0.05) is 31.2 Å². The van der Waals surface area contributed by atoms with Gasteiger partial charge in [-0.05, 0) is 47.6 Å². The van der Waals surface area contributed by atoms with Crippen LogP contribution in [0.1, 0.15) is 41.6 Å². The summed E-state index contributed by atoms with van der Waals surface area (Å²) in [5.74, 6) is 0. The Hall–Kier alpha value is -1.72. The van der Waals surface area contributed by atoms with Gasteiger partial charge in [-0.3, -0.25) is 4.98 Å². The molecule has 0 N–H and O–H groups in total. The second kappa shape index (κ2) is 6.42. The molecule has 0 saturated carbocycles. The summed E-state index contributed by atoms with van der Waals surface area (Å²) in [4.78, 5) is 4.18. The summed E-state index contributed by atoms with van der Waals surface area (Å²) in [5, 5.41) is 0. The number of rotatable bonds is 5. The van der Waals surface area contributed by atoms with E-state index in [0.717, 1.165) is 24.0 Å². The first-order valence-corrected chi connectivity index (χ1v) is 9.84. The summed E-state index contributed by atoms with van der Waals surface area (Å²) >= 11 is 0. The van der Waals surface area contributed by atoms with Crippen LogP contribution in [0.4, 0.5) is 0 Å². The number of sulfonamides is 1. The number of pyridine rings is 1. The van der Waals surface area contributed by atoms with Gasteiger partial charge in [-0.2, -0.15) is 4.31 Å². The predicted molar refractivity (Wildman–Crippen MR) is 91.8 cm³/mol. The first kappa shape index (κ1) is 16.1. The molecule has 1 aliphatic rings. The summed E-state index contributed by atoms with van der Waals surface area (Å²) in [6.07, 6.45) is 8.11. The fourth-order valence-electron chi connectivity index (χ4n) is 3.43. The number of nitrogens with zero attached hydrogens (tertiary/aromatic N) is 2. The van der Waals surface area contributed by atoms with E-state index in [2.05, 4.69) is 23.2 Å². The van der Waals surface area contributed by atoms with Crippen molar-refractivity contribution in [3.8, 4) is 0 Å². The van der Waals surface area contributed by atoms with E-state index in [1.807, 2.05) is 19.1 Å². The third-order valence-corrected chi connectivity index (χ3v) is 5.79. The molecule has 0 amide bonds. The Labute approximate surface area is 138 Å². The van der Waals surface area contributed by atoms with Crippen molar-refractivity contribution in [2.24, 2.45) is 0 Å². The van der Waals surface area contributed by atoms with E-state index in [-0.39, 0.29) is 6.04 Å². The zero-order valence-electron chi connectivity index (χ0n) is 13.6. The van der Waals surface area contributed by atoms with Crippen molar-refractivity contribution >= 4 is 10.0 Å². The highest BCUT2D eigenvalue weighted by Crippen LogP contribution is 2.33. The van der Waals surface area contributed by atoms with Crippen molar-refractivity contribution in [1.29, 1.82) is 0 Å². The minimum atomic E-state index is -3.32. The van der Waals surface area contributed by atoms with Gasteiger partial charge in [0.15, 0.2) is 0 Å². The van der Waals surface area contributed by atoms with Gasteiger partial charge >= 0.3 is 0 Å². The molecule has 1 heterocycles. The van der Waals surface area contributed by atoms with Gasteiger partial charge < -0.3 is 0 Å². The van der Waals surface area contributed by atoms with Crippen LogP contribution in [0, 0.1) is 0 Å². The van der Waals surface area contributed by atoms with Crippen molar-refractivity contribution < 1.29 is 8.42 Å². The maximum absolute atomic E-state index is 12.3. The number of aromatic nitrogens is 1. The number of benzene rings is 1. The molecule has 5 heteroatoms. The van der Waals surface area contributed by atoms with Crippen LogP contribution in [-0.2, 0) is 22.9 Å². The van der Waals surface area contributed by atoms with Crippen LogP contribution in [0.15, 0.2) is 42.7 Å². The molecule has 1 aliphatic carbocycles. The van der Waals surface area contributed by atoms with Crippen molar-refractivity contribution in [1.82, 2.24) is 9.29 Å². The van der Waals surface area contributed by atoms with E-state index in [1.54, 1.807) is 16.7 Å². The molecule has 4 nitrogen and oxygen atoms in total. The second-order valence-corrected chi connectivity index (χ2v) is 7.97. The molecule has 0 spiro atoms. The van der Waals surface area contributed by atoms with Crippen LogP contribution in [0.5, 0.6) is 0 Å². The molecule has 0 aliphatic heterocycles. The van der Waals surface area contributed by atoms with E-state index in [4.69, 9.17) is 0 Å². The fourth-order valence-corrected chi connectivity index (χ4v) is 4.53. The topological polar surface area (TPSA) is 50.3 Å². The van der Waals surface area contributed by atoms with Crippen molar-refractivity contribution in [3.05, 3.63) is 65.0 Å². The third kappa shape index (κ3) is 3.31. The molecule has 1 aromatic carbocycles. The van der Waals surface area contributed by atoms with Gasteiger partial charge in [-0.15, -0.1) is 0 Å². The molecule has 122 valence electrons. The molecule has 2 aromatic rings. The molecule has 0 radical (unpaired) electrons. The number of fused-ring (bicyclic) bond motifs is 1. The van der Waals surface area contributed by atoms with Gasteiger partial charge in [0.05, 0.1) is 12.3 Å². The Morgan fingerprint density at radius 1 is 1.17 bits per heavy atom. The second-order valence-electron chi connectivity index (χ2n) is 6.04. The van der Waals surface area contributed by atoms with Gasteiger partial charge in [0.2, 0.25) is 10.0 Å². The lowest BCUT2D eigenvalue weighted by molar-refractivity contribution is 0.378. The summed E-state index contributed by atoms with van der Waals surface area (Å²) in [6, 6.07) is 9.86. The molecule has 0 saturated heterocycles. The average Bonchev–Trinajstić information content (AvgIpc) is 2.99. The molecule has 0 fully saturated rings. The van der Waals surface area contributed by atoms with E-state index < -0.39 is 10.0 Å². The molecule has 23 heavy (non-hydrogen) atoms. The highest BCUT2D eigenvalue weighted by molar-refractivity contribution is 7.88. The van der Waals surface area contributed by atoms with Crippen LogP contribution < -0.4 is 0 Å². The Balaban J connectivity index is 2.12. The van der Waals surface area contributed by atoms with Crippen molar-refractivity contribution in [2.45, 2.75) is 32.2 Å². The fraction of sp³-hybridized carbons (Fsp3) is 0.389. The molecular weight excluding hydrogens is 308 g/mol. The maximum atomic E-state index is 12.3. The van der Waals surface area contributed by atoms with Gasteiger partial charge in [0.25, 0.3) is 0 Å². The maximum Gasteiger partial charge on any atom is 0.212 e. The summed E-state index contributed by atoms with van der Waals surface area (Å²) in [5.41, 5.74) is 4.66. The molecular formula is C18H22N2O2S. The predicted octanol–water partition coefficient (Wildman–Crippen LogP) is 2.94. The van der Waals surface area contributed by atoms with E-state index in [9.17, 15) is 8.42 Å². The largest absolute Gasteiger partial charge is 0.264 e. The molecule has 3 rings (SSSR count). The first-order valence-electron chi connectivity index (χ1n) is 7.99.